The fraction of sp³-hybridized carbons (Fsp3) is 0.294. The standard InChI is InChI=1S/C17H21NO2/c1-12-8-9-17(20-3)14(10-12)15(18)11-13-6-4-5-7-16(13)19-2/h4-10,15H,11,18H2,1-3H3. The summed E-state index contributed by atoms with van der Waals surface area (Å²) >= 11 is 0. The quantitative estimate of drug-likeness (QED) is 0.908. The lowest BCUT2D eigenvalue weighted by atomic mass is 9.97. The third-order valence-corrected chi connectivity index (χ3v) is 3.42. The first-order valence-corrected chi connectivity index (χ1v) is 6.67. The number of para-hydroxylation sites is 1. The Bertz CT molecular complexity index is 581. The molecule has 0 aliphatic heterocycles. The third kappa shape index (κ3) is 3.11. The van der Waals surface area contributed by atoms with E-state index in [1.807, 2.05) is 36.4 Å². The van der Waals surface area contributed by atoms with Crippen LogP contribution in [0.15, 0.2) is 42.5 Å². The molecule has 0 spiro atoms. The molecule has 2 aromatic carbocycles. The summed E-state index contributed by atoms with van der Waals surface area (Å²) in [5.74, 6) is 1.70. The number of methoxy groups -OCH3 is 2. The van der Waals surface area contributed by atoms with E-state index in [-0.39, 0.29) is 6.04 Å². The first-order chi connectivity index (χ1) is 9.65. The Kier molecular flexibility index (Phi) is 4.64. The van der Waals surface area contributed by atoms with Gasteiger partial charge in [0.05, 0.1) is 14.2 Å². The van der Waals surface area contributed by atoms with Gasteiger partial charge in [-0.25, -0.2) is 0 Å². The maximum Gasteiger partial charge on any atom is 0.123 e. The van der Waals surface area contributed by atoms with Crippen molar-refractivity contribution in [2.45, 2.75) is 19.4 Å². The molecule has 2 N–H and O–H groups in total. The zero-order valence-corrected chi connectivity index (χ0v) is 12.2. The second-order valence-electron chi connectivity index (χ2n) is 4.87. The smallest absolute Gasteiger partial charge is 0.123 e. The van der Waals surface area contributed by atoms with Crippen LogP contribution in [0.2, 0.25) is 0 Å². The van der Waals surface area contributed by atoms with Gasteiger partial charge >= 0.3 is 0 Å². The van der Waals surface area contributed by atoms with Crippen LogP contribution in [-0.4, -0.2) is 14.2 Å². The maximum atomic E-state index is 6.36. The lowest BCUT2D eigenvalue weighted by Crippen LogP contribution is -2.15. The highest BCUT2D eigenvalue weighted by Crippen LogP contribution is 2.29. The van der Waals surface area contributed by atoms with Crippen LogP contribution in [0.5, 0.6) is 11.5 Å². The number of rotatable bonds is 5. The van der Waals surface area contributed by atoms with Crippen molar-refractivity contribution in [3.63, 3.8) is 0 Å². The van der Waals surface area contributed by atoms with Crippen LogP contribution in [0, 0.1) is 6.92 Å². The molecule has 0 saturated carbocycles. The van der Waals surface area contributed by atoms with E-state index in [4.69, 9.17) is 15.2 Å². The van der Waals surface area contributed by atoms with Crippen molar-refractivity contribution in [1.82, 2.24) is 0 Å². The highest BCUT2D eigenvalue weighted by Gasteiger charge is 2.14. The Balaban J connectivity index is 2.28. The molecular formula is C17H21NO2. The number of ether oxygens (including phenoxy) is 2. The second-order valence-corrected chi connectivity index (χ2v) is 4.87. The molecule has 0 fully saturated rings. The van der Waals surface area contributed by atoms with Gasteiger partial charge in [0.1, 0.15) is 11.5 Å². The Hall–Kier alpha value is -2.00. The van der Waals surface area contributed by atoms with E-state index in [1.165, 1.54) is 5.56 Å². The number of aryl methyl sites for hydroxylation is 1. The topological polar surface area (TPSA) is 44.5 Å². The molecule has 0 aliphatic carbocycles. The Labute approximate surface area is 120 Å². The lowest BCUT2D eigenvalue weighted by molar-refractivity contribution is 0.400. The van der Waals surface area contributed by atoms with Crippen LogP contribution in [0.3, 0.4) is 0 Å². The Morgan fingerprint density at radius 2 is 1.70 bits per heavy atom. The highest BCUT2D eigenvalue weighted by molar-refractivity contribution is 5.41. The van der Waals surface area contributed by atoms with E-state index in [0.717, 1.165) is 22.6 Å². The zero-order chi connectivity index (χ0) is 14.5. The van der Waals surface area contributed by atoms with Crippen molar-refractivity contribution in [1.29, 1.82) is 0 Å². The van der Waals surface area contributed by atoms with E-state index in [0.29, 0.717) is 6.42 Å². The molecule has 0 radical (unpaired) electrons. The Morgan fingerprint density at radius 1 is 1.00 bits per heavy atom. The van der Waals surface area contributed by atoms with Gasteiger partial charge in [0.25, 0.3) is 0 Å². The summed E-state index contributed by atoms with van der Waals surface area (Å²) in [5.41, 5.74) is 9.67. The predicted octanol–water partition coefficient (Wildman–Crippen LogP) is 3.25. The fourth-order valence-corrected chi connectivity index (χ4v) is 2.36. The van der Waals surface area contributed by atoms with Gasteiger partial charge in [0.2, 0.25) is 0 Å². The molecule has 0 aromatic heterocycles. The molecule has 0 aliphatic rings. The largest absolute Gasteiger partial charge is 0.496 e. The van der Waals surface area contributed by atoms with Crippen LogP contribution >= 0.6 is 0 Å². The molecule has 0 bridgehead atoms. The summed E-state index contributed by atoms with van der Waals surface area (Å²) in [5, 5.41) is 0. The van der Waals surface area contributed by atoms with Crippen LogP contribution in [-0.2, 0) is 6.42 Å². The van der Waals surface area contributed by atoms with Crippen molar-refractivity contribution in [2.24, 2.45) is 5.73 Å². The maximum absolute atomic E-state index is 6.36. The minimum absolute atomic E-state index is 0.124. The van der Waals surface area contributed by atoms with E-state index >= 15 is 0 Å². The van der Waals surface area contributed by atoms with Gasteiger partial charge in [-0.3, -0.25) is 0 Å². The summed E-state index contributed by atoms with van der Waals surface area (Å²) in [6.07, 6.45) is 0.712. The predicted molar refractivity (Wildman–Crippen MR) is 81.4 cm³/mol. The normalized spacial score (nSPS) is 12.0. The first kappa shape index (κ1) is 14.4. The molecule has 1 atom stereocenters. The van der Waals surface area contributed by atoms with E-state index in [2.05, 4.69) is 13.0 Å². The van der Waals surface area contributed by atoms with E-state index in [1.54, 1.807) is 14.2 Å². The van der Waals surface area contributed by atoms with Crippen LogP contribution in [0.4, 0.5) is 0 Å². The van der Waals surface area contributed by atoms with Crippen LogP contribution in [0.25, 0.3) is 0 Å². The number of benzene rings is 2. The highest BCUT2D eigenvalue weighted by atomic mass is 16.5. The molecule has 2 rings (SSSR count). The summed E-state index contributed by atoms with van der Waals surface area (Å²) < 4.78 is 10.8. The van der Waals surface area contributed by atoms with Crippen molar-refractivity contribution < 1.29 is 9.47 Å². The molecule has 0 saturated heterocycles. The molecular weight excluding hydrogens is 250 g/mol. The molecule has 1 unspecified atom stereocenters. The van der Waals surface area contributed by atoms with Gasteiger partial charge in [0.15, 0.2) is 0 Å². The van der Waals surface area contributed by atoms with Crippen molar-refractivity contribution in [3.8, 4) is 11.5 Å². The first-order valence-electron chi connectivity index (χ1n) is 6.67. The van der Waals surface area contributed by atoms with Crippen LogP contribution < -0.4 is 15.2 Å². The lowest BCUT2D eigenvalue weighted by Gasteiger charge is -2.18. The SMILES string of the molecule is COc1ccccc1CC(N)c1cc(C)ccc1OC. The number of hydrogen-bond acceptors (Lipinski definition) is 3. The summed E-state index contributed by atoms with van der Waals surface area (Å²) in [7, 11) is 3.35. The summed E-state index contributed by atoms with van der Waals surface area (Å²) in [6.45, 7) is 2.05. The third-order valence-electron chi connectivity index (χ3n) is 3.42. The van der Waals surface area contributed by atoms with Crippen molar-refractivity contribution in [3.05, 3.63) is 59.2 Å². The molecule has 20 heavy (non-hydrogen) atoms. The van der Waals surface area contributed by atoms with Gasteiger partial charge in [-0.1, -0.05) is 35.9 Å². The summed E-state index contributed by atoms with van der Waals surface area (Å²) in [4.78, 5) is 0. The Morgan fingerprint density at radius 3 is 2.40 bits per heavy atom. The van der Waals surface area contributed by atoms with Gasteiger partial charge in [-0.05, 0) is 31.0 Å². The molecule has 106 valence electrons. The zero-order valence-electron chi connectivity index (χ0n) is 12.2. The van der Waals surface area contributed by atoms with Gasteiger partial charge < -0.3 is 15.2 Å². The minimum Gasteiger partial charge on any atom is -0.496 e. The van der Waals surface area contributed by atoms with Crippen molar-refractivity contribution >= 4 is 0 Å². The fourth-order valence-electron chi connectivity index (χ4n) is 2.36. The minimum atomic E-state index is -0.124. The molecule has 0 heterocycles. The molecule has 0 amide bonds. The molecule has 3 heteroatoms. The van der Waals surface area contributed by atoms with E-state index in [9.17, 15) is 0 Å². The molecule has 2 aromatic rings. The number of hydrogen-bond donors (Lipinski definition) is 1. The summed E-state index contributed by atoms with van der Waals surface area (Å²) in [6, 6.07) is 13.9. The average molecular weight is 271 g/mol. The monoisotopic (exact) mass is 271 g/mol. The number of nitrogens with two attached hydrogens (primary N) is 1. The second kappa shape index (κ2) is 6.44. The van der Waals surface area contributed by atoms with Gasteiger partial charge in [-0.2, -0.15) is 0 Å². The van der Waals surface area contributed by atoms with Gasteiger partial charge in [0, 0.05) is 11.6 Å². The van der Waals surface area contributed by atoms with E-state index < -0.39 is 0 Å². The average Bonchev–Trinajstić information content (AvgIpc) is 2.47. The van der Waals surface area contributed by atoms with Gasteiger partial charge in [-0.15, -0.1) is 0 Å². The molecule has 3 nitrogen and oxygen atoms in total. The van der Waals surface area contributed by atoms with Crippen LogP contribution in [0.1, 0.15) is 22.7 Å². The van der Waals surface area contributed by atoms with Crippen molar-refractivity contribution in [2.75, 3.05) is 14.2 Å².